The molecule has 4 nitrogen and oxygen atoms in total. The lowest BCUT2D eigenvalue weighted by atomic mass is 10.1. The van der Waals surface area contributed by atoms with Crippen LogP contribution in [0, 0.1) is 0 Å². The number of rotatable bonds is 3. The number of hydrogen-bond acceptors (Lipinski definition) is 4. The van der Waals surface area contributed by atoms with E-state index in [-0.39, 0.29) is 6.10 Å². The van der Waals surface area contributed by atoms with Gasteiger partial charge in [-0.3, -0.25) is 0 Å². The average molecular weight is 218 g/mol. The Kier molecular flexibility index (Phi) is 2.81. The maximum Gasteiger partial charge on any atom is 0.169 e. The molecule has 0 saturated heterocycles. The molecule has 0 aliphatic heterocycles. The largest absolute Gasteiger partial charge is 0.491 e. The summed E-state index contributed by atoms with van der Waals surface area (Å²) in [5, 5.41) is 3.64. The quantitative estimate of drug-likeness (QED) is 0.860. The van der Waals surface area contributed by atoms with Gasteiger partial charge >= 0.3 is 0 Å². The monoisotopic (exact) mass is 218 g/mol. The van der Waals surface area contributed by atoms with Gasteiger partial charge in [0.05, 0.1) is 6.10 Å². The third-order valence-corrected chi connectivity index (χ3v) is 2.04. The van der Waals surface area contributed by atoms with Gasteiger partial charge in [-0.25, -0.2) is 0 Å². The number of nitrogens with two attached hydrogens (primary N) is 1. The Hall–Kier alpha value is -1.97. The highest BCUT2D eigenvalue weighted by molar-refractivity contribution is 5.60. The minimum Gasteiger partial charge on any atom is -0.491 e. The molecule has 0 radical (unpaired) electrons. The summed E-state index contributed by atoms with van der Waals surface area (Å²) in [7, 11) is 0. The Labute approximate surface area is 94.0 Å². The molecule has 1 aromatic carbocycles. The number of benzene rings is 1. The number of hydrogen-bond donors (Lipinski definition) is 1. The molecule has 0 saturated carbocycles. The van der Waals surface area contributed by atoms with Crippen molar-refractivity contribution in [1.82, 2.24) is 5.16 Å². The molecule has 0 aliphatic carbocycles. The second-order valence-corrected chi connectivity index (χ2v) is 3.81. The van der Waals surface area contributed by atoms with Crippen LogP contribution >= 0.6 is 0 Å². The molecule has 0 unspecified atom stereocenters. The molecule has 0 atom stereocenters. The Morgan fingerprint density at radius 1 is 1.25 bits per heavy atom. The van der Waals surface area contributed by atoms with E-state index < -0.39 is 0 Å². The Morgan fingerprint density at radius 2 is 1.94 bits per heavy atom. The van der Waals surface area contributed by atoms with E-state index in [0.29, 0.717) is 11.6 Å². The standard InChI is InChI=1S/C12H14N2O2/c1-8(2)15-10-5-3-9(4-6-10)11-7-12(13)14-16-11/h3-8H,1-2H3,(H2,13,14). The third-order valence-electron chi connectivity index (χ3n) is 2.04. The molecule has 2 rings (SSSR count). The summed E-state index contributed by atoms with van der Waals surface area (Å²) < 4.78 is 10.6. The first-order valence-corrected chi connectivity index (χ1v) is 5.14. The van der Waals surface area contributed by atoms with Gasteiger partial charge in [-0.2, -0.15) is 0 Å². The van der Waals surface area contributed by atoms with E-state index in [1.165, 1.54) is 0 Å². The fourth-order valence-corrected chi connectivity index (χ4v) is 1.39. The van der Waals surface area contributed by atoms with Crippen LogP contribution in [0.25, 0.3) is 11.3 Å². The Bertz CT molecular complexity index is 460. The van der Waals surface area contributed by atoms with Crippen molar-refractivity contribution in [1.29, 1.82) is 0 Å². The minimum absolute atomic E-state index is 0.173. The smallest absolute Gasteiger partial charge is 0.169 e. The van der Waals surface area contributed by atoms with Gasteiger partial charge in [0.2, 0.25) is 0 Å². The summed E-state index contributed by atoms with van der Waals surface area (Å²) in [5.41, 5.74) is 6.41. The van der Waals surface area contributed by atoms with Gasteiger partial charge < -0.3 is 15.0 Å². The van der Waals surface area contributed by atoms with Crippen LogP contribution in [0.5, 0.6) is 5.75 Å². The summed E-state index contributed by atoms with van der Waals surface area (Å²) >= 11 is 0. The van der Waals surface area contributed by atoms with Crippen LogP contribution in [0.15, 0.2) is 34.9 Å². The van der Waals surface area contributed by atoms with Crippen LogP contribution in [0.3, 0.4) is 0 Å². The third kappa shape index (κ3) is 2.34. The number of aromatic nitrogens is 1. The topological polar surface area (TPSA) is 61.3 Å². The summed E-state index contributed by atoms with van der Waals surface area (Å²) in [6.07, 6.45) is 0.173. The van der Waals surface area contributed by atoms with Crippen LogP contribution < -0.4 is 10.5 Å². The number of anilines is 1. The summed E-state index contributed by atoms with van der Waals surface area (Å²) in [5.74, 6) is 1.89. The highest BCUT2D eigenvalue weighted by Gasteiger charge is 2.05. The van der Waals surface area contributed by atoms with Crippen LogP contribution in [-0.2, 0) is 0 Å². The number of ether oxygens (including phenoxy) is 1. The molecule has 16 heavy (non-hydrogen) atoms. The highest BCUT2D eigenvalue weighted by Crippen LogP contribution is 2.24. The summed E-state index contributed by atoms with van der Waals surface area (Å²) in [6, 6.07) is 9.32. The molecular formula is C12H14N2O2. The number of nitrogen functional groups attached to an aromatic ring is 1. The van der Waals surface area contributed by atoms with Crippen molar-refractivity contribution in [3.8, 4) is 17.1 Å². The molecule has 0 fully saturated rings. The van der Waals surface area contributed by atoms with Crippen LogP contribution in [0.1, 0.15) is 13.8 Å². The van der Waals surface area contributed by atoms with Crippen molar-refractivity contribution in [2.45, 2.75) is 20.0 Å². The van der Waals surface area contributed by atoms with Crippen molar-refractivity contribution < 1.29 is 9.26 Å². The summed E-state index contributed by atoms with van der Waals surface area (Å²) in [4.78, 5) is 0. The van der Waals surface area contributed by atoms with E-state index in [1.54, 1.807) is 6.07 Å². The van der Waals surface area contributed by atoms with Gasteiger partial charge in [-0.1, -0.05) is 5.16 Å². The van der Waals surface area contributed by atoms with Crippen molar-refractivity contribution >= 4 is 5.82 Å². The van der Waals surface area contributed by atoms with Crippen molar-refractivity contribution in [3.63, 3.8) is 0 Å². The fraction of sp³-hybridized carbons (Fsp3) is 0.250. The number of nitrogens with zero attached hydrogens (tertiary/aromatic N) is 1. The minimum atomic E-state index is 0.173. The fourth-order valence-electron chi connectivity index (χ4n) is 1.39. The second kappa shape index (κ2) is 4.26. The lowest BCUT2D eigenvalue weighted by molar-refractivity contribution is 0.242. The van der Waals surface area contributed by atoms with Gasteiger partial charge in [-0.05, 0) is 38.1 Å². The predicted molar refractivity (Wildman–Crippen MR) is 62.1 cm³/mol. The van der Waals surface area contributed by atoms with E-state index in [0.717, 1.165) is 11.3 Å². The second-order valence-electron chi connectivity index (χ2n) is 3.81. The molecule has 84 valence electrons. The molecule has 2 N–H and O–H groups in total. The van der Waals surface area contributed by atoms with E-state index >= 15 is 0 Å². The van der Waals surface area contributed by atoms with Gasteiger partial charge in [0, 0.05) is 11.6 Å². The molecule has 2 aromatic rings. The molecule has 0 spiro atoms. The first-order chi connectivity index (χ1) is 7.65. The SMILES string of the molecule is CC(C)Oc1ccc(-c2cc(N)no2)cc1. The van der Waals surface area contributed by atoms with E-state index in [9.17, 15) is 0 Å². The van der Waals surface area contributed by atoms with Crippen LogP contribution in [0.4, 0.5) is 5.82 Å². The van der Waals surface area contributed by atoms with Gasteiger partial charge in [-0.15, -0.1) is 0 Å². The van der Waals surface area contributed by atoms with Gasteiger partial charge in [0.1, 0.15) is 5.75 Å². The molecule has 0 amide bonds. The Morgan fingerprint density at radius 3 is 2.44 bits per heavy atom. The molecule has 0 bridgehead atoms. The van der Waals surface area contributed by atoms with E-state index in [4.69, 9.17) is 15.0 Å². The van der Waals surface area contributed by atoms with Crippen LogP contribution in [0.2, 0.25) is 0 Å². The molecule has 4 heteroatoms. The van der Waals surface area contributed by atoms with Crippen LogP contribution in [-0.4, -0.2) is 11.3 Å². The Balaban J connectivity index is 2.19. The predicted octanol–water partition coefficient (Wildman–Crippen LogP) is 2.71. The zero-order valence-electron chi connectivity index (χ0n) is 9.31. The zero-order valence-corrected chi connectivity index (χ0v) is 9.31. The molecule has 1 heterocycles. The maximum atomic E-state index is 5.54. The normalized spacial score (nSPS) is 10.7. The maximum absolute atomic E-state index is 5.54. The summed E-state index contributed by atoms with van der Waals surface area (Å²) in [6.45, 7) is 3.98. The average Bonchev–Trinajstić information content (AvgIpc) is 2.65. The first kappa shape index (κ1) is 10.5. The molecule has 1 aromatic heterocycles. The molecular weight excluding hydrogens is 204 g/mol. The lowest BCUT2D eigenvalue weighted by Gasteiger charge is -2.09. The first-order valence-electron chi connectivity index (χ1n) is 5.14. The highest BCUT2D eigenvalue weighted by atomic mass is 16.5. The van der Waals surface area contributed by atoms with Gasteiger partial charge in [0.15, 0.2) is 11.6 Å². The van der Waals surface area contributed by atoms with Crippen molar-refractivity contribution in [2.75, 3.05) is 5.73 Å². The lowest BCUT2D eigenvalue weighted by Crippen LogP contribution is -2.05. The van der Waals surface area contributed by atoms with Crippen molar-refractivity contribution in [3.05, 3.63) is 30.3 Å². The zero-order chi connectivity index (χ0) is 11.5. The molecule has 0 aliphatic rings. The van der Waals surface area contributed by atoms with E-state index in [2.05, 4.69) is 5.16 Å². The van der Waals surface area contributed by atoms with E-state index in [1.807, 2.05) is 38.1 Å². The van der Waals surface area contributed by atoms with Crippen molar-refractivity contribution in [2.24, 2.45) is 0 Å². The van der Waals surface area contributed by atoms with Gasteiger partial charge in [0.25, 0.3) is 0 Å².